The zero-order valence-corrected chi connectivity index (χ0v) is 16.0. The van der Waals surface area contributed by atoms with Crippen molar-refractivity contribution in [3.63, 3.8) is 0 Å². The molecule has 1 saturated carbocycles. The summed E-state index contributed by atoms with van der Waals surface area (Å²) in [6.07, 6.45) is 13.7. The molecule has 6 heteroatoms. The van der Waals surface area contributed by atoms with E-state index in [1.54, 1.807) is 0 Å². The van der Waals surface area contributed by atoms with Crippen LogP contribution >= 0.6 is 28.3 Å². The van der Waals surface area contributed by atoms with Gasteiger partial charge in [0.25, 0.3) is 0 Å². The van der Waals surface area contributed by atoms with Crippen molar-refractivity contribution in [2.24, 2.45) is 29.4 Å². The van der Waals surface area contributed by atoms with Crippen LogP contribution in [0.3, 0.4) is 0 Å². The van der Waals surface area contributed by atoms with E-state index in [-0.39, 0.29) is 18.3 Å². The third-order valence-electron chi connectivity index (χ3n) is 5.22. The summed E-state index contributed by atoms with van der Waals surface area (Å²) in [5.41, 5.74) is 4.81. The van der Waals surface area contributed by atoms with Crippen molar-refractivity contribution in [2.45, 2.75) is 43.9 Å². The molecule has 3 aliphatic carbocycles. The fourth-order valence-electron chi connectivity index (χ4n) is 3.77. The number of hydrogen-bond acceptors (Lipinski definition) is 2. The number of primary amides is 1. The van der Waals surface area contributed by atoms with E-state index in [2.05, 4.69) is 40.2 Å². The summed E-state index contributed by atoms with van der Waals surface area (Å²) in [5, 5.41) is 2.04. The van der Waals surface area contributed by atoms with Crippen LogP contribution in [-0.2, 0) is 4.79 Å². The zero-order valence-electron chi connectivity index (χ0n) is 13.6. The van der Waals surface area contributed by atoms with Gasteiger partial charge < -0.3 is 5.73 Å². The minimum Gasteiger partial charge on any atom is -0.351 e. The Morgan fingerprint density at radius 3 is 2.35 bits per heavy atom. The first-order valence-electron chi connectivity index (χ1n) is 8.06. The van der Waals surface area contributed by atoms with Gasteiger partial charge in [-0.15, -0.1) is 12.4 Å². The molecule has 23 heavy (non-hydrogen) atoms. The Bertz CT molecular complexity index is 503. The minimum atomic E-state index is -0.814. The van der Waals surface area contributed by atoms with E-state index < -0.39 is 10.4 Å². The van der Waals surface area contributed by atoms with E-state index in [0.29, 0.717) is 12.8 Å². The van der Waals surface area contributed by atoms with Crippen molar-refractivity contribution >= 4 is 40.3 Å². The molecule has 4 atom stereocenters. The largest absolute Gasteiger partial charge is 0.351 e. The van der Waals surface area contributed by atoms with Gasteiger partial charge in [-0.25, -0.2) is 4.79 Å². The molecule has 0 spiro atoms. The molecule has 0 aromatic carbocycles. The summed E-state index contributed by atoms with van der Waals surface area (Å²) in [5.74, 6) is 3.45. The molecular formula is C17H26BrClN2O2. The van der Waals surface area contributed by atoms with Crippen LogP contribution in [0, 0.1) is 23.7 Å². The average Bonchev–Trinajstić information content (AvgIpc) is 3.19. The standard InChI is InChI=1S/C10H12.C7H13BrN2O2.ClH/c1-2-9-7-4-5-8(6-7)10(9)3-1;1-3-7(8,4-2)5(11)10-6(9)12;/h1-2,4-5,7-10H,3,6H2;3-4H2,1-2H3,(H3,9,10,11,12);1H. The molecule has 3 aliphatic rings. The molecule has 0 heterocycles. The third kappa shape index (κ3) is 4.38. The molecule has 4 unspecified atom stereocenters. The maximum Gasteiger partial charge on any atom is 0.318 e. The van der Waals surface area contributed by atoms with Gasteiger partial charge in [0.2, 0.25) is 5.91 Å². The van der Waals surface area contributed by atoms with Gasteiger partial charge in [-0.1, -0.05) is 54.1 Å². The molecule has 1 fully saturated rings. The summed E-state index contributed by atoms with van der Waals surface area (Å²) in [7, 11) is 0. The van der Waals surface area contributed by atoms with Gasteiger partial charge in [-0.3, -0.25) is 10.1 Å². The lowest BCUT2D eigenvalue weighted by Gasteiger charge is -2.21. The number of imide groups is 1. The number of carbonyl (C=O) groups excluding carboxylic acids is 2. The number of hydrogen-bond donors (Lipinski definition) is 2. The monoisotopic (exact) mass is 404 g/mol. The molecule has 4 nitrogen and oxygen atoms in total. The van der Waals surface area contributed by atoms with Crippen molar-refractivity contribution in [1.29, 1.82) is 0 Å². The number of urea groups is 1. The van der Waals surface area contributed by atoms with Crippen molar-refractivity contribution in [3.05, 3.63) is 24.3 Å². The Labute approximate surface area is 152 Å². The maximum atomic E-state index is 11.3. The van der Waals surface area contributed by atoms with Crippen LogP contribution in [0.4, 0.5) is 4.79 Å². The highest BCUT2D eigenvalue weighted by atomic mass is 79.9. The average molecular weight is 406 g/mol. The van der Waals surface area contributed by atoms with Crippen LogP contribution in [0.5, 0.6) is 0 Å². The second kappa shape index (κ2) is 8.34. The number of halogens is 2. The van der Waals surface area contributed by atoms with Crippen LogP contribution in [0.15, 0.2) is 24.3 Å². The smallest absolute Gasteiger partial charge is 0.318 e. The van der Waals surface area contributed by atoms with Gasteiger partial charge in [0.05, 0.1) is 0 Å². The molecule has 0 radical (unpaired) electrons. The van der Waals surface area contributed by atoms with Crippen LogP contribution in [0.1, 0.15) is 39.5 Å². The first-order valence-corrected chi connectivity index (χ1v) is 8.85. The topological polar surface area (TPSA) is 72.2 Å². The highest BCUT2D eigenvalue weighted by Crippen LogP contribution is 2.52. The lowest BCUT2D eigenvalue weighted by atomic mass is 9.86. The van der Waals surface area contributed by atoms with Crippen molar-refractivity contribution < 1.29 is 9.59 Å². The highest BCUT2D eigenvalue weighted by Gasteiger charge is 2.44. The van der Waals surface area contributed by atoms with Gasteiger partial charge in [0, 0.05) is 0 Å². The number of nitrogens with two attached hydrogens (primary N) is 1. The number of amides is 3. The maximum absolute atomic E-state index is 11.3. The van der Waals surface area contributed by atoms with Gasteiger partial charge >= 0.3 is 6.03 Å². The number of allylic oxidation sites excluding steroid dienone is 4. The van der Waals surface area contributed by atoms with E-state index in [4.69, 9.17) is 5.73 Å². The first kappa shape index (κ1) is 20.2. The Kier molecular flexibility index (Phi) is 7.33. The van der Waals surface area contributed by atoms with E-state index in [1.165, 1.54) is 12.8 Å². The molecule has 130 valence electrons. The molecule has 0 aromatic heterocycles. The molecule has 3 rings (SSSR count). The molecule has 3 amide bonds. The Hall–Kier alpha value is -0.810. The quantitative estimate of drug-likeness (QED) is 0.551. The number of nitrogens with one attached hydrogen (secondary N) is 1. The molecule has 0 aliphatic heterocycles. The van der Waals surface area contributed by atoms with Crippen LogP contribution < -0.4 is 11.1 Å². The zero-order chi connectivity index (χ0) is 16.3. The number of carbonyl (C=O) groups is 2. The minimum absolute atomic E-state index is 0. The normalized spacial score (nSPS) is 29.3. The fourth-order valence-corrected chi connectivity index (χ4v) is 3.87. The molecule has 0 aromatic rings. The second-order valence-electron chi connectivity index (χ2n) is 6.34. The highest BCUT2D eigenvalue weighted by molar-refractivity contribution is 9.10. The first-order chi connectivity index (χ1) is 10.4. The van der Waals surface area contributed by atoms with Gasteiger partial charge in [0.15, 0.2) is 0 Å². The van der Waals surface area contributed by atoms with Crippen LogP contribution in [0.2, 0.25) is 0 Å². The van der Waals surface area contributed by atoms with Gasteiger partial charge in [-0.05, 0) is 49.4 Å². The summed E-state index contributed by atoms with van der Waals surface area (Å²) >= 11 is 3.26. The second-order valence-corrected chi connectivity index (χ2v) is 7.86. The van der Waals surface area contributed by atoms with Crippen LogP contribution in [-0.4, -0.2) is 16.3 Å². The van der Waals surface area contributed by atoms with Crippen LogP contribution in [0.25, 0.3) is 0 Å². The summed E-state index contributed by atoms with van der Waals surface area (Å²) in [4.78, 5) is 21.6. The van der Waals surface area contributed by atoms with E-state index in [0.717, 1.165) is 23.7 Å². The third-order valence-corrected chi connectivity index (χ3v) is 6.70. The summed E-state index contributed by atoms with van der Waals surface area (Å²) in [6.45, 7) is 3.72. The fraction of sp³-hybridized carbons (Fsp3) is 0.647. The molecule has 3 N–H and O–H groups in total. The SMILES string of the molecule is C1=CC2C3C=CC(C3)C2C1.CCC(Br)(CC)C(=O)NC(N)=O.Cl. The predicted octanol–water partition coefficient (Wildman–Crippen LogP) is 3.94. The van der Waals surface area contributed by atoms with Crippen molar-refractivity contribution in [3.8, 4) is 0 Å². The van der Waals surface area contributed by atoms with Crippen molar-refractivity contribution in [1.82, 2.24) is 5.32 Å². The Morgan fingerprint density at radius 2 is 1.83 bits per heavy atom. The molecule has 0 saturated heterocycles. The van der Waals surface area contributed by atoms with E-state index in [1.807, 2.05) is 19.2 Å². The summed E-state index contributed by atoms with van der Waals surface area (Å²) in [6, 6.07) is -0.814. The lowest BCUT2D eigenvalue weighted by Crippen LogP contribution is -2.46. The van der Waals surface area contributed by atoms with Gasteiger partial charge in [-0.2, -0.15) is 0 Å². The van der Waals surface area contributed by atoms with Gasteiger partial charge in [0.1, 0.15) is 4.32 Å². The number of alkyl halides is 1. The van der Waals surface area contributed by atoms with E-state index in [9.17, 15) is 9.59 Å². The molecule has 2 bridgehead atoms. The predicted molar refractivity (Wildman–Crippen MR) is 98.7 cm³/mol. The van der Waals surface area contributed by atoms with Crippen molar-refractivity contribution in [2.75, 3.05) is 0 Å². The Balaban J connectivity index is 0.000000221. The number of rotatable bonds is 3. The lowest BCUT2D eigenvalue weighted by molar-refractivity contribution is -0.122. The molecular weight excluding hydrogens is 380 g/mol. The van der Waals surface area contributed by atoms with E-state index >= 15 is 0 Å². The Morgan fingerprint density at radius 1 is 1.22 bits per heavy atom. The summed E-state index contributed by atoms with van der Waals surface area (Å²) < 4.78 is -0.665. The number of fused-ring (bicyclic) bond motifs is 5.